The van der Waals surface area contributed by atoms with Gasteiger partial charge in [0, 0.05) is 55.7 Å². The Balaban J connectivity index is 0.855. The van der Waals surface area contributed by atoms with Crippen LogP contribution in [0.5, 0.6) is 11.5 Å². The molecular weight excluding hydrogens is 1080 g/mol. The van der Waals surface area contributed by atoms with Gasteiger partial charge in [0.25, 0.3) is 0 Å². The van der Waals surface area contributed by atoms with E-state index in [1.165, 1.54) is 0 Å². The first-order valence-electron chi connectivity index (χ1n) is 29.6. The third kappa shape index (κ3) is 10.8. The molecule has 12 aromatic rings. The molecule has 12 aromatic carbocycles. The number of benzene rings is 12. The van der Waals surface area contributed by atoms with E-state index in [9.17, 15) is 0 Å². The van der Waals surface area contributed by atoms with Crippen LogP contribution in [0.25, 0.3) is 89.1 Å². The molecule has 0 N–H and O–H groups in total. The van der Waals surface area contributed by atoms with Crippen LogP contribution in [-0.4, -0.2) is 11.6 Å². The van der Waals surface area contributed by atoms with Crippen molar-refractivity contribution in [1.29, 1.82) is 0 Å². The highest BCUT2D eigenvalue weighted by molar-refractivity contribution is 6.60. The molecule has 3 nitrogen and oxygen atoms in total. The summed E-state index contributed by atoms with van der Waals surface area (Å²) in [6.45, 7) is 0. The van der Waals surface area contributed by atoms with Gasteiger partial charge in [-0.25, -0.2) is 0 Å². The Morgan fingerprint density at radius 3 is 0.573 bits per heavy atom. The number of ether oxygens (including phenoxy) is 1. The number of carbonyl (C=O) groups is 2. The predicted molar refractivity (Wildman–Crippen MR) is 366 cm³/mol. The Kier molecular flexibility index (Phi) is 14.8. The van der Waals surface area contributed by atoms with E-state index in [0.717, 1.165) is 122 Å². The van der Waals surface area contributed by atoms with Gasteiger partial charge in [0.1, 0.15) is 11.5 Å². The lowest BCUT2D eigenvalue weighted by Gasteiger charge is -2.16. The van der Waals surface area contributed by atoms with Gasteiger partial charge in [-0.2, -0.15) is 0 Å². The van der Waals surface area contributed by atoms with Crippen molar-refractivity contribution in [3.05, 3.63) is 371 Å². The zero-order chi connectivity index (χ0) is 60.2. The van der Waals surface area contributed by atoms with Gasteiger partial charge in [0.2, 0.25) is 0 Å². The van der Waals surface area contributed by atoms with Crippen molar-refractivity contribution in [3.63, 3.8) is 0 Å². The van der Waals surface area contributed by atoms with Gasteiger partial charge in [-0.05, 0) is 138 Å². The maximum atomic E-state index is 15.6. The molecule has 0 atom stereocenters. The Morgan fingerprint density at radius 1 is 0.191 bits per heavy atom. The maximum Gasteiger partial charge on any atom is 0.195 e. The van der Waals surface area contributed by atoms with Crippen molar-refractivity contribution in [2.45, 2.75) is 0 Å². The monoisotopic (exact) mass is 1130 g/mol. The molecule has 3 heteroatoms. The summed E-state index contributed by atoms with van der Waals surface area (Å²) in [4.78, 5) is 31.2. The lowest BCUT2D eigenvalue weighted by molar-refractivity contribution is -0.109. The quantitative estimate of drug-likeness (QED) is 0.102. The van der Waals surface area contributed by atoms with Crippen molar-refractivity contribution in [2.75, 3.05) is 0 Å². The summed E-state index contributed by atoms with van der Waals surface area (Å²) < 4.78 is 6.71. The molecule has 0 aromatic heterocycles. The summed E-state index contributed by atoms with van der Waals surface area (Å²) in [6, 6.07) is 106. The number of Topliss-reactive ketones (excluding diaryl/α,β-unsaturated/α-hetero) is 2. The molecule has 0 bridgehead atoms. The van der Waals surface area contributed by atoms with E-state index >= 15 is 9.59 Å². The fraction of sp³-hybridized carbons (Fsp3) is 0. The van der Waals surface area contributed by atoms with Crippen molar-refractivity contribution < 1.29 is 14.3 Å². The standard InChI is InChI=1S/C86H54O3/c1-3-57-25-29-67(30-26-57)77-79(83(73-45-37-65(38-46-73)61-21-13-7-14-22-61)85(87)81(77)71-41-33-63(34-42-71)59-17-9-5-10-18-59)69-49-53-75(54-50-69)89-76-55-51-70(52-56-76)80-78(68-31-27-58(4-2)28-32-68)82(72-43-35-64(36-44-72)60-19-11-6-12-20-60)86(88)84(80)74-47-39-66(40-48-74)62-23-15-8-16-24-62/h1-2,5-56H. The van der Waals surface area contributed by atoms with Crippen molar-refractivity contribution in [2.24, 2.45) is 0 Å². The van der Waals surface area contributed by atoms with Crippen LogP contribution in [0.15, 0.2) is 315 Å². The molecule has 0 saturated carbocycles. The summed E-state index contributed by atoms with van der Waals surface area (Å²) in [5.74, 6) is 6.60. The van der Waals surface area contributed by atoms with Gasteiger partial charge in [0.05, 0.1) is 0 Å². The lowest BCUT2D eigenvalue weighted by Crippen LogP contribution is -2.02. The Bertz CT molecular complexity index is 4550. The second-order valence-electron chi connectivity index (χ2n) is 22.0. The molecule has 0 amide bonds. The average molecular weight is 1140 g/mol. The molecule has 2 aliphatic carbocycles. The van der Waals surface area contributed by atoms with Crippen LogP contribution >= 0.6 is 0 Å². The third-order valence-electron chi connectivity index (χ3n) is 16.7. The predicted octanol–water partition coefficient (Wildman–Crippen LogP) is 20.3. The molecule has 89 heavy (non-hydrogen) atoms. The second-order valence-corrected chi connectivity index (χ2v) is 22.0. The van der Waals surface area contributed by atoms with Crippen LogP contribution in [-0.2, 0) is 9.59 Å². The highest BCUT2D eigenvalue weighted by atomic mass is 16.5. The molecule has 0 fully saturated rings. The van der Waals surface area contributed by atoms with E-state index in [1.54, 1.807) is 0 Å². The van der Waals surface area contributed by atoms with Gasteiger partial charge in [-0.15, -0.1) is 12.8 Å². The van der Waals surface area contributed by atoms with Gasteiger partial charge < -0.3 is 4.74 Å². The number of hydrogen-bond donors (Lipinski definition) is 0. The normalized spacial score (nSPS) is 13.0. The minimum atomic E-state index is -0.0709. The summed E-state index contributed by atoms with van der Waals surface area (Å²) in [5, 5.41) is 0. The van der Waals surface area contributed by atoms with E-state index in [4.69, 9.17) is 17.6 Å². The zero-order valence-electron chi connectivity index (χ0n) is 48.4. The minimum absolute atomic E-state index is 0.0709. The fourth-order valence-electron chi connectivity index (χ4n) is 12.3. The summed E-state index contributed by atoms with van der Waals surface area (Å²) >= 11 is 0. The number of ketones is 2. The van der Waals surface area contributed by atoms with Crippen LogP contribution in [0.2, 0.25) is 0 Å². The molecule has 0 radical (unpaired) electrons. The zero-order valence-corrected chi connectivity index (χ0v) is 48.4. The molecule has 0 heterocycles. The van der Waals surface area contributed by atoms with E-state index in [1.807, 2.05) is 170 Å². The number of carbonyl (C=O) groups excluding carboxylic acids is 2. The van der Waals surface area contributed by atoms with Crippen LogP contribution < -0.4 is 4.74 Å². The van der Waals surface area contributed by atoms with Crippen molar-refractivity contribution in [1.82, 2.24) is 0 Å². The number of terminal acetylenes is 2. The Labute approximate surface area is 519 Å². The molecule has 2 aliphatic rings. The van der Waals surface area contributed by atoms with E-state index in [2.05, 4.69) is 157 Å². The fourth-order valence-corrected chi connectivity index (χ4v) is 12.3. The molecular formula is C86H54O3. The molecule has 0 unspecified atom stereocenters. The average Bonchev–Trinajstić information content (AvgIpc) is 1.71. The first kappa shape index (κ1) is 54.8. The lowest BCUT2D eigenvalue weighted by atomic mass is 9.88. The summed E-state index contributed by atoms with van der Waals surface area (Å²) in [5.41, 5.74) is 22.4. The van der Waals surface area contributed by atoms with E-state index < -0.39 is 0 Å². The largest absolute Gasteiger partial charge is 0.457 e. The third-order valence-corrected chi connectivity index (χ3v) is 16.7. The van der Waals surface area contributed by atoms with Gasteiger partial charge in [-0.3, -0.25) is 9.59 Å². The Morgan fingerprint density at radius 2 is 0.360 bits per heavy atom. The minimum Gasteiger partial charge on any atom is -0.457 e. The molecule has 0 spiro atoms. The van der Waals surface area contributed by atoms with Gasteiger partial charge >= 0.3 is 0 Å². The maximum absolute atomic E-state index is 15.6. The number of hydrogen-bond acceptors (Lipinski definition) is 3. The first-order chi connectivity index (χ1) is 43.9. The van der Waals surface area contributed by atoms with Crippen molar-refractivity contribution in [3.8, 4) is 80.7 Å². The van der Waals surface area contributed by atoms with E-state index in [-0.39, 0.29) is 11.6 Å². The van der Waals surface area contributed by atoms with Crippen LogP contribution in [0.4, 0.5) is 0 Å². The van der Waals surface area contributed by atoms with Crippen molar-refractivity contribution >= 4 is 56.2 Å². The Hall–Kier alpha value is -12.1. The second kappa shape index (κ2) is 24.1. The van der Waals surface area contributed by atoms with Gasteiger partial charge in [-0.1, -0.05) is 279 Å². The SMILES string of the molecule is C#Cc1ccc(C2=C(c3ccc(-c4ccccc4)cc3)C(=O)C(c3ccc(-c4ccccc4)cc3)=C2c2ccc(Oc3ccc(C4=C(c5ccc(-c6ccccc6)cc5)C(=O)C(c5ccc(-c6ccccc6)cc5)=C4c4ccc(C#C)cc4)cc3)cc2)cc1. The summed E-state index contributed by atoms with van der Waals surface area (Å²) in [7, 11) is 0. The van der Waals surface area contributed by atoms with Crippen LogP contribution in [0.1, 0.15) is 55.6 Å². The highest BCUT2D eigenvalue weighted by Gasteiger charge is 2.37. The summed E-state index contributed by atoms with van der Waals surface area (Å²) in [6.07, 6.45) is 11.8. The molecule has 0 saturated heterocycles. The number of rotatable bonds is 14. The molecule has 14 rings (SSSR count). The van der Waals surface area contributed by atoms with Gasteiger partial charge in [0.15, 0.2) is 11.6 Å². The van der Waals surface area contributed by atoms with Crippen LogP contribution in [0, 0.1) is 24.7 Å². The topological polar surface area (TPSA) is 43.4 Å². The van der Waals surface area contributed by atoms with Crippen LogP contribution in [0.3, 0.4) is 0 Å². The molecule has 0 aliphatic heterocycles. The number of allylic oxidation sites excluding steroid dienone is 8. The van der Waals surface area contributed by atoms with E-state index in [0.29, 0.717) is 33.8 Å². The highest BCUT2D eigenvalue weighted by Crippen LogP contribution is 2.52. The first-order valence-corrected chi connectivity index (χ1v) is 29.6. The molecule has 416 valence electrons. The smallest absolute Gasteiger partial charge is 0.195 e.